The van der Waals surface area contributed by atoms with Crippen molar-refractivity contribution < 1.29 is 13.9 Å². The Hall–Kier alpha value is -0.260. The lowest BCUT2D eigenvalue weighted by atomic mass is 9.88. The molecule has 0 radical (unpaired) electrons. The van der Waals surface area contributed by atoms with Crippen molar-refractivity contribution in [2.45, 2.75) is 31.8 Å². The lowest BCUT2D eigenvalue weighted by molar-refractivity contribution is -0.191. The van der Waals surface area contributed by atoms with Gasteiger partial charge in [-0.15, -0.1) is 0 Å². The van der Waals surface area contributed by atoms with Gasteiger partial charge in [-0.2, -0.15) is 0 Å². The Kier molecular flexibility index (Phi) is 4.03. The third kappa shape index (κ3) is 3.09. The molecule has 5 heteroatoms. The maximum absolute atomic E-state index is 13.4. The SMILES string of the molecule is CC(C)CNCC1(O)CCNCC1(F)F. The fraction of sp³-hybridized carbons (Fsp3) is 1.00. The second-order valence-electron chi connectivity index (χ2n) is 4.69. The van der Waals surface area contributed by atoms with Crippen molar-refractivity contribution in [2.24, 2.45) is 5.92 Å². The molecule has 1 atom stereocenters. The van der Waals surface area contributed by atoms with Crippen LogP contribution >= 0.6 is 0 Å². The van der Waals surface area contributed by atoms with E-state index in [2.05, 4.69) is 10.6 Å². The third-order valence-electron chi connectivity index (χ3n) is 2.71. The smallest absolute Gasteiger partial charge is 0.289 e. The summed E-state index contributed by atoms with van der Waals surface area (Å²) in [6.45, 7) is 4.60. The lowest BCUT2D eigenvalue weighted by Gasteiger charge is -2.40. The van der Waals surface area contributed by atoms with E-state index in [0.717, 1.165) is 0 Å². The fourth-order valence-corrected chi connectivity index (χ4v) is 1.67. The molecule has 1 heterocycles. The molecule has 0 aromatic carbocycles. The van der Waals surface area contributed by atoms with Crippen molar-refractivity contribution in [3.8, 4) is 0 Å². The molecule has 3 N–H and O–H groups in total. The maximum atomic E-state index is 13.4. The number of hydrogen-bond acceptors (Lipinski definition) is 3. The van der Waals surface area contributed by atoms with Gasteiger partial charge in [0.25, 0.3) is 5.92 Å². The van der Waals surface area contributed by atoms with Gasteiger partial charge in [-0.25, -0.2) is 8.78 Å². The predicted octanol–water partition coefficient (Wildman–Crippen LogP) is 0.592. The van der Waals surface area contributed by atoms with Crippen LogP contribution in [0.2, 0.25) is 0 Å². The minimum atomic E-state index is -3.05. The van der Waals surface area contributed by atoms with Crippen LogP contribution in [0.4, 0.5) is 8.78 Å². The van der Waals surface area contributed by atoms with Gasteiger partial charge in [-0.3, -0.25) is 0 Å². The van der Waals surface area contributed by atoms with Crippen LogP contribution in [0.25, 0.3) is 0 Å². The highest BCUT2D eigenvalue weighted by molar-refractivity contribution is 4.99. The third-order valence-corrected chi connectivity index (χ3v) is 2.71. The number of nitrogens with one attached hydrogen (secondary N) is 2. The molecular weight excluding hydrogens is 202 g/mol. The number of rotatable bonds is 4. The summed E-state index contributed by atoms with van der Waals surface area (Å²) in [4.78, 5) is 0. The molecule has 1 aliphatic rings. The first-order valence-electron chi connectivity index (χ1n) is 5.39. The minimum Gasteiger partial charge on any atom is -0.382 e. The molecule has 90 valence electrons. The highest BCUT2D eigenvalue weighted by atomic mass is 19.3. The Morgan fingerprint density at radius 2 is 2.13 bits per heavy atom. The zero-order valence-electron chi connectivity index (χ0n) is 9.32. The molecule has 0 aliphatic carbocycles. The van der Waals surface area contributed by atoms with E-state index in [0.29, 0.717) is 19.0 Å². The van der Waals surface area contributed by atoms with E-state index in [1.807, 2.05) is 13.8 Å². The van der Waals surface area contributed by atoms with Gasteiger partial charge in [0.15, 0.2) is 0 Å². The summed E-state index contributed by atoms with van der Waals surface area (Å²) in [6, 6.07) is 0. The molecule has 0 saturated carbocycles. The normalized spacial score (nSPS) is 30.8. The van der Waals surface area contributed by atoms with Crippen molar-refractivity contribution in [3.63, 3.8) is 0 Å². The van der Waals surface area contributed by atoms with E-state index in [1.165, 1.54) is 0 Å². The highest BCUT2D eigenvalue weighted by Crippen LogP contribution is 2.33. The van der Waals surface area contributed by atoms with Crippen LogP contribution in [-0.4, -0.2) is 42.8 Å². The number of aliphatic hydroxyl groups is 1. The van der Waals surface area contributed by atoms with Crippen molar-refractivity contribution in [1.82, 2.24) is 10.6 Å². The molecule has 3 nitrogen and oxygen atoms in total. The molecular formula is C10H20F2N2O. The minimum absolute atomic E-state index is 0.0418. The first-order chi connectivity index (χ1) is 6.87. The van der Waals surface area contributed by atoms with Crippen molar-refractivity contribution >= 4 is 0 Å². The zero-order chi connectivity index (χ0) is 11.5. The van der Waals surface area contributed by atoms with E-state index in [1.54, 1.807) is 0 Å². The lowest BCUT2D eigenvalue weighted by Crippen LogP contribution is -2.63. The van der Waals surface area contributed by atoms with E-state index in [9.17, 15) is 13.9 Å². The quantitative estimate of drug-likeness (QED) is 0.652. The van der Waals surface area contributed by atoms with Crippen LogP contribution in [-0.2, 0) is 0 Å². The summed E-state index contributed by atoms with van der Waals surface area (Å²) in [5.74, 6) is -2.65. The maximum Gasteiger partial charge on any atom is 0.289 e. The fourth-order valence-electron chi connectivity index (χ4n) is 1.67. The molecule has 0 aromatic heterocycles. The van der Waals surface area contributed by atoms with Gasteiger partial charge in [0.05, 0.1) is 6.54 Å². The van der Waals surface area contributed by atoms with Crippen LogP contribution in [0.3, 0.4) is 0 Å². The Morgan fingerprint density at radius 3 is 2.67 bits per heavy atom. The van der Waals surface area contributed by atoms with Gasteiger partial charge in [-0.1, -0.05) is 13.8 Å². The average molecular weight is 222 g/mol. The van der Waals surface area contributed by atoms with Crippen LogP contribution in [0.1, 0.15) is 20.3 Å². The van der Waals surface area contributed by atoms with Crippen molar-refractivity contribution in [3.05, 3.63) is 0 Å². The summed E-state index contributed by atoms with van der Waals surface area (Å²) < 4.78 is 26.9. The van der Waals surface area contributed by atoms with E-state index in [4.69, 9.17) is 0 Å². The largest absolute Gasteiger partial charge is 0.382 e. The molecule has 1 unspecified atom stereocenters. The first kappa shape index (κ1) is 12.8. The molecule has 1 aliphatic heterocycles. The Bertz CT molecular complexity index is 212. The second-order valence-corrected chi connectivity index (χ2v) is 4.69. The van der Waals surface area contributed by atoms with Crippen LogP contribution in [0.5, 0.6) is 0 Å². The summed E-state index contributed by atoms with van der Waals surface area (Å²) in [6.07, 6.45) is 0.0884. The predicted molar refractivity (Wildman–Crippen MR) is 55.1 cm³/mol. The Morgan fingerprint density at radius 1 is 1.47 bits per heavy atom. The standard InChI is InChI=1S/C10H20F2N2O/c1-8(2)5-14-6-9(15)3-4-13-7-10(9,11)12/h8,13-15H,3-7H2,1-2H3. The summed E-state index contributed by atoms with van der Waals surface area (Å²) in [7, 11) is 0. The van der Waals surface area contributed by atoms with Crippen molar-refractivity contribution in [2.75, 3.05) is 26.2 Å². The molecule has 0 spiro atoms. The van der Waals surface area contributed by atoms with Crippen LogP contribution in [0.15, 0.2) is 0 Å². The molecule has 0 aromatic rings. The summed E-state index contributed by atoms with van der Waals surface area (Å²) >= 11 is 0. The molecule has 15 heavy (non-hydrogen) atoms. The van der Waals surface area contributed by atoms with Gasteiger partial charge in [0, 0.05) is 6.54 Å². The number of piperidine rings is 1. The van der Waals surface area contributed by atoms with Gasteiger partial charge in [0.2, 0.25) is 0 Å². The molecule has 0 bridgehead atoms. The summed E-state index contributed by atoms with van der Waals surface area (Å²) in [5, 5.41) is 15.3. The monoisotopic (exact) mass is 222 g/mol. The van der Waals surface area contributed by atoms with E-state index in [-0.39, 0.29) is 13.0 Å². The Balaban J connectivity index is 2.48. The summed E-state index contributed by atoms with van der Waals surface area (Å²) in [5.41, 5.74) is -1.90. The molecule has 0 amide bonds. The molecule has 1 rings (SSSR count). The topological polar surface area (TPSA) is 44.3 Å². The van der Waals surface area contributed by atoms with Crippen molar-refractivity contribution in [1.29, 1.82) is 0 Å². The van der Waals surface area contributed by atoms with Gasteiger partial charge in [-0.05, 0) is 25.4 Å². The number of halogens is 2. The van der Waals surface area contributed by atoms with Gasteiger partial charge >= 0.3 is 0 Å². The molecule has 1 fully saturated rings. The van der Waals surface area contributed by atoms with E-state index < -0.39 is 18.1 Å². The highest BCUT2D eigenvalue weighted by Gasteiger charge is 2.53. The molecule has 1 saturated heterocycles. The van der Waals surface area contributed by atoms with Gasteiger partial charge in [0.1, 0.15) is 5.60 Å². The average Bonchev–Trinajstić information content (AvgIpc) is 2.10. The zero-order valence-corrected chi connectivity index (χ0v) is 9.32. The van der Waals surface area contributed by atoms with Crippen LogP contribution < -0.4 is 10.6 Å². The second kappa shape index (κ2) is 4.72. The van der Waals surface area contributed by atoms with Gasteiger partial charge < -0.3 is 15.7 Å². The first-order valence-corrected chi connectivity index (χ1v) is 5.39. The number of alkyl halides is 2. The van der Waals surface area contributed by atoms with Crippen LogP contribution in [0, 0.1) is 5.92 Å². The van der Waals surface area contributed by atoms with E-state index >= 15 is 0 Å². The number of hydrogen-bond donors (Lipinski definition) is 3. The Labute approximate surface area is 89.2 Å².